The van der Waals surface area contributed by atoms with Gasteiger partial charge in [-0.25, -0.2) is 18.4 Å². The Morgan fingerprint density at radius 3 is 2.61 bits per heavy atom. The van der Waals surface area contributed by atoms with Crippen LogP contribution in [-0.2, 0) is 18.6 Å². The van der Waals surface area contributed by atoms with Crippen LogP contribution in [0.2, 0.25) is 5.02 Å². The number of anilines is 1. The lowest BCUT2D eigenvalue weighted by atomic mass is 9.86. The number of rotatable bonds is 9. The van der Waals surface area contributed by atoms with Gasteiger partial charge >= 0.3 is 0 Å². The highest BCUT2D eigenvalue weighted by molar-refractivity contribution is 6.33. The predicted octanol–water partition coefficient (Wildman–Crippen LogP) is 2.71. The number of benzene rings is 2. The molecule has 200 valence electrons. The quantitative estimate of drug-likeness (QED) is 0.344. The van der Waals surface area contributed by atoms with Crippen LogP contribution >= 0.6 is 11.6 Å². The number of hydrogen-bond acceptors (Lipinski definition) is 8. The molecule has 1 aliphatic rings. The summed E-state index contributed by atoms with van der Waals surface area (Å²) in [5.41, 5.74) is -0.918. The summed E-state index contributed by atoms with van der Waals surface area (Å²) in [6, 6.07) is 10.0. The van der Waals surface area contributed by atoms with Crippen molar-refractivity contribution in [1.29, 1.82) is 0 Å². The average molecular weight is 544 g/mol. The molecule has 2 atom stereocenters. The minimum Gasteiger partial charge on any atom is -0.381 e. The second kappa shape index (κ2) is 11.1. The highest BCUT2D eigenvalue weighted by Gasteiger charge is 2.41. The Kier molecular flexibility index (Phi) is 7.63. The van der Waals surface area contributed by atoms with Crippen molar-refractivity contribution < 1.29 is 13.9 Å². The van der Waals surface area contributed by atoms with Gasteiger partial charge in [0.2, 0.25) is 0 Å². The van der Waals surface area contributed by atoms with Crippen LogP contribution in [0, 0.1) is 11.6 Å². The normalized spacial score (nSPS) is 16.9. The van der Waals surface area contributed by atoms with E-state index >= 15 is 0 Å². The molecule has 0 spiro atoms. The molecular weight excluding hydrogens is 516 g/mol. The van der Waals surface area contributed by atoms with Crippen LogP contribution in [0.3, 0.4) is 0 Å². The fourth-order valence-electron chi connectivity index (χ4n) is 4.73. The zero-order valence-corrected chi connectivity index (χ0v) is 21.6. The first-order chi connectivity index (χ1) is 18.3. The Bertz CT molecular complexity index is 1360. The van der Waals surface area contributed by atoms with Crippen LogP contribution < -0.4 is 4.90 Å². The maximum Gasteiger partial charge on any atom is 0.176 e. The van der Waals surface area contributed by atoms with E-state index in [-0.39, 0.29) is 12.1 Å². The van der Waals surface area contributed by atoms with E-state index < -0.39 is 23.3 Å². The molecular formula is C25H28ClF2N9O. The van der Waals surface area contributed by atoms with Crippen LogP contribution in [0.25, 0.3) is 0 Å². The number of hydrogen-bond donors (Lipinski definition) is 1. The Labute approximate surface area is 223 Å². The van der Waals surface area contributed by atoms with Gasteiger partial charge in [-0.15, -0.1) is 10.2 Å². The van der Waals surface area contributed by atoms with Gasteiger partial charge in [-0.1, -0.05) is 29.8 Å². The molecule has 2 unspecified atom stereocenters. The van der Waals surface area contributed by atoms with Crippen molar-refractivity contribution in [1.82, 2.24) is 39.9 Å². The van der Waals surface area contributed by atoms with E-state index in [4.69, 9.17) is 11.6 Å². The summed E-state index contributed by atoms with van der Waals surface area (Å²) in [7, 11) is 0. The number of nitrogens with zero attached hydrogens (tertiary/aromatic N) is 9. The molecule has 13 heteroatoms. The Hall–Kier alpha value is -3.48. The Morgan fingerprint density at radius 2 is 1.89 bits per heavy atom. The van der Waals surface area contributed by atoms with Crippen LogP contribution in [0.5, 0.6) is 0 Å². The fourth-order valence-corrected chi connectivity index (χ4v) is 4.99. The molecule has 0 radical (unpaired) electrons. The zero-order chi connectivity index (χ0) is 26.7. The molecule has 2 aromatic heterocycles. The number of halogens is 3. The molecule has 38 heavy (non-hydrogen) atoms. The molecule has 1 saturated heterocycles. The third-order valence-corrected chi connectivity index (χ3v) is 7.31. The number of piperazine rings is 1. The first kappa shape index (κ1) is 26.1. The van der Waals surface area contributed by atoms with Crippen LogP contribution in [-0.4, -0.2) is 77.7 Å². The van der Waals surface area contributed by atoms with Gasteiger partial charge in [0.1, 0.15) is 35.9 Å². The molecule has 5 rings (SSSR count). The van der Waals surface area contributed by atoms with Crippen molar-refractivity contribution in [3.05, 3.63) is 83.2 Å². The van der Waals surface area contributed by atoms with Gasteiger partial charge in [-0.2, -0.15) is 9.90 Å². The van der Waals surface area contributed by atoms with E-state index in [0.717, 1.165) is 55.6 Å². The summed E-state index contributed by atoms with van der Waals surface area (Å²) in [4.78, 5) is 9.76. The largest absolute Gasteiger partial charge is 0.381 e. The number of aromatic nitrogens is 7. The van der Waals surface area contributed by atoms with Crippen LogP contribution in [0.15, 0.2) is 55.1 Å². The molecule has 2 aromatic carbocycles. The smallest absolute Gasteiger partial charge is 0.176 e. The van der Waals surface area contributed by atoms with Gasteiger partial charge in [0.25, 0.3) is 0 Å². The van der Waals surface area contributed by atoms with E-state index in [1.54, 1.807) is 6.92 Å². The highest BCUT2D eigenvalue weighted by atomic mass is 35.5. The first-order valence-electron chi connectivity index (χ1n) is 12.3. The van der Waals surface area contributed by atoms with Crippen molar-refractivity contribution in [3.8, 4) is 0 Å². The summed E-state index contributed by atoms with van der Waals surface area (Å²) in [6.07, 6.45) is 3.28. The lowest BCUT2D eigenvalue weighted by Crippen LogP contribution is -2.47. The van der Waals surface area contributed by atoms with Crippen molar-refractivity contribution in [2.24, 2.45) is 0 Å². The van der Waals surface area contributed by atoms with E-state index in [1.165, 1.54) is 28.2 Å². The monoisotopic (exact) mass is 543 g/mol. The average Bonchev–Trinajstić information content (AvgIpc) is 3.60. The minimum atomic E-state index is -1.86. The van der Waals surface area contributed by atoms with Gasteiger partial charge in [0, 0.05) is 50.8 Å². The molecule has 1 aliphatic heterocycles. The highest BCUT2D eigenvalue weighted by Crippen LogP contribution is 2.36. The van der Waals surface area contributed by atoms with Gasteiger partial charge < -0.3 is 10.0 Å². The van der Waals surface area contributed by atoms with E-state index in [0.29, 0.717) is 12.2 Å². The second-order valence-corrected chi connectivity index (χ2v) is 9.78. The van der Waals surface area contributed by atoms with Crippen molar-refractivity contribution in [2.75, 3.05) is 37.6 Å². The molecule has 0 saturated carbocycles. The number of aliphatic hydroxyl groups is 1. The molecule has 0 aliphatic carbocycles. The second-order valence-electron chi connectivity index (χ2n) is 9.37. The summed E-state index contributed by atoms with van der Waals surface area (Å²) in [6.45, 7) is 5.71. The van der Waals surface area contributed by atoms with Crippen LogP contribution in [0.1, 0.15) is 24.4 Å². The molecule has 10 nitrogen and oxygen atoms in total. The third-order valence-electron chi connectivity index (χ3n) is 6.99. The van der Waals surface area contributed by atoms with Gasteiger partial charge in [-0.3, -0.25) is 4.90 Å². The minimum absolute atomic E-state index is 0.0999. The summed E-state index contributed by atoms with van der Waals surface area (Å²) >= 11 is 6.34. The summed E-state index contributed by atoms with van der Waals surface area (Å²) < 4.78 is 29.8. The Morgan fingerprint density at radius 1 is 1.11 bits per heavy atom. The molecule has 0 bridgehead atoms. The van der Waals surface area contributed by atoms with E-state index in [1.807, 2.05) is 24.3 Å². The van der Waals surface area contributed by atoms with Crippen molar-refractivity contribution >= 4 is 17.3 Å². The van der Waals surface area contributed by atoms with E-state index in [2.05, 4.69) is 35.3 Å². The van der Waals surface area contributed by atoms with Crippen molar-refractivity contribution in [2.45, 2.75) is 31.5 Å². The van der Waals surface area contributed by atoms with E-state index in [9.17, 15) is 13.9 Å². The maximum absolute atomic E-state index is 14.8. The van der Waals surface area contributed by atoms with Gasteiger partial charge in [-0.05, 0) is 30.3 Å². The summed E-state index contributed by atoms with van der Waals surface area (Å²) in [5, 5.41) is 29.3. The lowest BCUT2D eigenvalue weighted by Gasteiger charge is -2.36. The molecule has 4 aromatic rings. The zero-order valence-electron chi connectivity index (χ0n) is 20.8. The van der Waals surface area contributed by atoms with Crippen LogP contribution in [0.4, 0.5) is 14.5 Å². The van der Waals surface area contributed by atoms with Crippen molar-refractivity contribution in [3.63, 3.8) is 0 Å². The molecule has 0 amide bonds. The van der Waals surface area contributed by atoms with Gasteiger partial charge in [0.05, 0.1) is 17.3 Å². The molecule has 1 fully saturated rings. The standard InChI is InChI=1S/C25H28ClF2N9O/c1-18(25(38,15-36-17-29-16-30-36)20-7-6-19(27)14-22(20)28)37-32-24(31-33-37)8-9-34-10-12-35(13-11-34)23-5-3-2-4-21(23)26/h2-7,14,16-18,38H,8-13,15H2,1H3. The maximum atomic E-state index is 14.8. The lowest BCUT2D eigenvalue weighted by molar-refractivity contribution is -0.0418. The molecule has 1 N–H and O–H groups in total. The number of para-hydroxylation sites is 1. The summed E-state index contributed by atoms with van der Waals surface area (Å²) in [5.74, 6) is -1.11. The molecule has 3 heterocycles. The van der Waals surface area contributed by atoms with Gasteiger partial charge in [0.15, 0.2) is 5.82 Å². The number of tetrazole rings is 1. The topological polar surface area (TPSA) is 101 Å². The Balaban J connectivity index is 1.25. The first-order valence-corrected chi connectivity index (χ1v) is 12.7. The third kappa shape index (κ3) is 5.52. The predicted molar refractivity (Wildman–Crippen MR) is 137 cm³/mol. The fraction of sp³-hybridized carbons (Fsp3) is 0.400. The SMILES string of the molecule is CC(n1nnc(CCN2CCN(c3ccccc3Cl)CC2)n1)C(O)(Cn1cncn1)c1ccc(F)cc1F.